The lowest BCUT2D eigenvalue weighted by Gasteiger charge is -2.14. The van der Waals surface area contributed by atoms with Crippen molar-refractivity contribution in [2.75, 3.05) is 0 Å². The van der Waals surface area contributed by atoms with Gasteiger partial charge in [-0.1, -0.05) is 50.1 Å². The monoisotopic (exact) mass is 479 g/mol. The zero-order valence-electron chi connectivity index (χ0n) is 19.0. The SMILES string of the molecule is CCCCCCn1c(SC(C)c2nnc(-c3ccc([N+](=O)[O-])cc3)o2)nc2ccccc2c1=O. The molecule has 9 nitrogen and oxygen atoms in total. The smallest absolute Gasteiger partial charge is 0.269 e. The molecule has 0 radical (unpaired) electrons. The summed E-state index contributed by atoms with van der Waals surface area (Å²) in [6.45, 7) is 4.67. The van der Waals surface area contributed by atoms with Crippen molar-refractivity contribution in [1.29, 1.82) is 0 Å². The predicted octanol–water partition coefficient (Wildman–Crippen LogP) is 5.79. The van der Waals surface area contributed by atoms with Gasteiger partial charge in [0.1, 0.15) is 0 Å². The molecule has 176 valence electrons. The molecule has 0 fully saturated rings. The average molecular weight is 480 g/mol. The number of hydrogen-bond donors (Lipinski definition) is 0. The lowest BCUT2D eigenvalue weighted by atomic mass is 10.2. The fourth-order valence-electron chi connectivity index (χ4n) is 3.58. The number of unbranched alkanes of at least 4 members (excludes halogenated alkanes) is 3. The van der Waals surface area contributed by atoms with Gasteiger partial charge in [0, 0.05) is 24.2 Å². The Kier molecular flexibility index (Phi) is 7.36. The van der Waals surface area contributed by atoms with Gasteiger partial charge >= 0.3 is 0 Å². The van der Waals surface area contributed by atoms with Gasteiger partial charge < -0.3 is 4.42 Å². The molecule has 10 heteroatoms. The molecular weight excluding hydrogens is 454 g/mol. The minimum absolute atomic E-state index is 0.00769. The maximum Gasteiger partial charge on any atom is 0.269 e. The zero-order chi connectivity index (χ0) is 24.1. The van der Waals surface area contributed by atoms with E-state index in [1.807, 2.05) is 25.1 Å². The molecule has 2 aromatic carbocycles. The van der Waals surface area contributed by atoms with E-state index < -0.39 is 4.92 Å². The number of nitro benzene ring substituents is 1. The highest BCUT2D eigenvalue weighted by molar-refractivity contribution is 7.99. The number of nitro groups is 1. The van der Waals surface area contributed by atoms with Gasteiger partial charge in [-0.2, -0.15) is 0 Å². The standard InChI is InChI=1S/C24H25N5O4S/c1-3-4-5-8-15-28-23(30)19-9-6-7-10-20(19)25-24(28)34-16(2)21-26-27-22(33-21)17-11-13-18(14-12-17)29(31)32/h6-7,9-14,16H,3-5,8,15H2,1-2H3. The topological polar surface area (TPSA) is 117 Å². The normalized spacial score (nSPS) is 12.2. The van der Waals surface area contributed by atoms with Crippen LogP contribution in [0.5, 0.6) is 0 Å². The summed E-state index contributed by atoms with van der Waals surface area (Å²) in [6.07, 6.45) is 4.21. The summed E-state index contributed by atoms with van der Waals surface area (Å²) in [6, 6.07) is 13.3. The maximum absolute atomic E-state index is 13.2. The van der Waals surface area contributed by atoms with Crippen LogP contribution in [0.25, 0.3) is 22.4 Å². The molecule has 0 N–H and O–H groups in total. The van der Waals surface area contributed by atoms with Crippen LogP contribution < -0.4 is 5.56 Å². The Morgan fingerprint density at radius 1 is 1.09 bits per heavy atom. The number of thioether (sulfide) groups is 1. The van der Waals surface area contributed by atoms with E-state index in [0.29, 0.717) is 34.1 Å². The minimum Gasteiger partial charge on any atom is -0.419 e. The summed E-state index contributed by atoms with van der Waals surface area (Å²) in [7, 11) is 0. The second kappa shape index (κ2) is 10.6. The highest BCUT2D eigenvalue weighted by Crippen LogP contribution is 2.34. The first kappa shape index (κ1) is 23.6. The highest BCUT2D eigenvalue weighted by Gasteiger charge is 2.20. The Morgan fingerprint density at radius 2 is 1.85 bits per heavy atom. The number of aromatic nitrogens is 4. The largest absolute Gasteiger partial charge is 0.419 e. The van der Waals surface area contributed by atoms with E-state index in [1.54, 1.807) is 22.8 Å². The summed E-state index contributed by atoms with van der Waals surface area (Å²) < 4.78 is 7.59. The van der Waals surface area contributed by atoms with Crippen LogP contribution in [0.2, 0.25) is 0 Å². The molecule has 2 aromatic heterocycles. The van der Waals surface area contributed by atoms with Gasteiger partial charge in [0.05, 0.1) is 21.1 Å². The zero-order valence-corrected chi connectivity index (χ0v) is 19.8. The van der Waals surface area contributed by atoms with Gasteiger partial charge in [0.25, 0.3) is 11.2 Å². The molecule has 2 heterocycles. The molecule has 4 aromatic rings. The van der Waals surface area contributed by atoms with Gasteiger partial charge in [0.2, 0.25) is 11.8 Å². The average Bonchev–Trinajstić information content (AvgIpc) is 3.34. The minimum atomic E-state index is -0.458. The van der Waals surface area contributed by atoms with E-state index in [-0.39, 0.29) is 22.4 Å². The van der Waals surface area contributed by atoms with Crippen LogP contribution >= 0.6 is 11.8 Å². The van der Waals surface area contributed by atoms with E-state index in [2.05, 4.69) is 17.1 Å². The van der Waals surface area contributed by atoms with E-state index in [4.69, 9.17) is 9.40 Å². The Labute approximate surface area is 200 Å². The van der Waals surface area contributed by atoms with Crippen molar-refractivity contribution in [1.82, 2.24) is 19.7 Å². The molecule has 0 aliphatic rings. The van der Waals surface area contributed by atoms with Crippen LogP contribution in [0.3, 0.4) is 0 Å². The fourth-order valence-corrected chi connectivity index (χ4v) is 4.55. The summed E-state index contributed by atoms with van der Waals surface area (Å²) in [4.78, 5) is 28.4. The first-order chi connectivity index (χ1) is 16.5. The van der Waals surface area contributed by atoms with Gasteiger partial charge in [-0.15, -0.1) is 10.2 Å². The number of para-hydroxylation sites is 1. The van der Waals surface area contributed by atoms with Crippen molar-refractivity contribution >= 4 is 28.4 Å². The fraction of sp³-hybridized carbons (Fsp3) is 0.333. The molecule has 0 aliphatic heterocycles. The second-order valence-electron chi connectivity index (χ2n) is 7.94. The molecule has 1 unspecified atom stereocenters. The number of fused-ring (bicyclic) bond motifs is 1. The number of non-ortho nitro benzene ring substituents is 1. The molecule has 0 saturated heterocycles. The number of nitrogens with zero attached hydrogens (tertiary/aromatic N) is 5. The van der Waals surface area contributed by atoms with Crippen molar-refractivity contribution in [3.05, 3.63) is 74.9 Å². The van der Waals surface area contributed by atoms with Crippen LogP contribution in [-0.4, -0.2) is 24.7 Å². The van der Waals surface area contributed by atoms with Gasteiger partial charge in [-0.25, -0.2) is 4.98 Å². The summed E-state index contributed by atoms with van der Waals surface area (Å²) in [5.74, 6) is 0.666. The summed E-state index contributed by atoms with van der Waals surface area (Å²) in [5.41, 5.74) is 1.20. The van der Waals surface area contributed by atoms with E-state index in [1.165, 1.54) is 23.9 Å². The Morgan fingerprint density at radius 3 is 2.59 bits per heavy atom. The third-order valence-electron chi connectivity index (χ3n) is 5.46. The maximum atomic E-state index is 13.2. The van der Waals surface area contributed by atoms with E-state index in [9.17, 15) is 14.9 Å². The quantitative estimate of drug-likeness (QED) is 0.0922. The first-order valence-electron chi connectivity index (χ1n) is 11.2. The summed E-state index contributed by atoms with van der Waals surface area (Å²) in [5, 5.41) is 20.1. The molecule has 4 rings (SSSR count). The Hall–Kier alpha value is -3.53. The third kappa shape index (κ3) is 5.17. The molecule has 1 atom stereocenters. The van der Waals surface area contributed by atoms with Gasteiger partial charge in [0.15, 0.2) is 5.16 Å². The van der Waals surface area contributed by atoms with Crippen molar-refractivity contribution in [3.8, 4) is 11.5 Å². The summed E-state index contributed by atoms with van der Waals surface area (Å²) >= 11 is 1.40. The number of hydrogen-bond acceptors (Lipinski definition) is 8. The van der Waals surface area contributed by atoms with E-state index in [0.717, 1.165) is 25.7 Å². The van der Waals surface area contributed by atoms with Crippen molar-refractivity contribution in [2.45, 2.75) is 56.5 Å². The Bertz CT molecular complexity index is 1350. The number of benzene rings is 2. The molecule has 0 amide bonds. The van der Waals surface area contributed by atoms with Crippen molar-refractivity contribution in [3.63, 3.8) is 0 Å². The van der Waals surface area contributed by atoms with Crippen LogP contribution in [0.4, 0.5) is 5.69 Å². The molecule has 0 bridgehead atoms. The Balaban J connectivity index is 1.59. The highest BCUT2D eigenvalue weighted by atomic mass is 32.2. The van der Waals surface area contributed by atoms with Crippen LogP contribution in [0.15, 0.2) is 62.9 Å². The molecule has 0 spiro atoms. The van der Waals surface area contributed by atoms with Gasteiger partial charge in [-0.3, -0.25) is 19.5 Å². The van der Waals surface area contributed by atoms with Crippen molar-refractivity contribution in [2.24, 2.45) is 0 Å². The number of rotatable bonds is 10. The van der Waals surface area contributed by atoms with Crippen LogP contribution in [-0.2, 0) is 6.54 Å². The molecule has 34 heavy (non-hydrogen) atoms. The second-order valence-corrected chi connectivity index (χ2v) is 9.25. The lowest BCUT2D eigenvalue weighted by Crippen LogP contribution is -2.23. The predicted molar refractivity (Wildman–Crippen MR) is 131 cm³/mol. The van der Waals surface area contributed by atoms with Gasteiger partial charge in [-0.05, 0) is 37.6 Å². The van der Waals surface area contributed by atoms with Crippen molar-refractivity contribution < 1.29 is 9.34 Å². The molecular formula is C24H25N5O4S. The first-order valence-corrected chi connectivity index (χ1v) is 12.1. The third-order valence-corrected chi connectivity index (χ3v) is 6.54. The molecule has 0 aliphatic carbocycles. The van der Waals surface area contributed by atoms with Crippen LogP contribution in [0.1, 0.15) is 50.7 Å². The lowest BCUT2D eigenvalue weighted by molar-refractivity contribution is -0.384. The molecule has 0 saturated carbocycles. The van der Waals surface area contributed by atoms with Crippen LogP contribution in [0, 0.1) is 10.1 Å². The van der Waals surface area contributed by atoms with E-state index >= 15 is 0 Å².